The van der Waals surface area contributed by atoms with Crippen molar-refractivity contribution in [1.29, 1.82) is 0 Å². The minimum absolute atomic E-state index is 0.155. The van der Waals surface area contributed by atoms with E-state index in [1.807, 2.05) is 19.9 Å². The molecule has 2 aromatic carbocycles. The Labute approximate surface area is 212 Å². The number of imide groups is 1. The van der Waals surface area contributed by atoms with Gasteiger partial charge in [-0.1, -0.05) is 18.9 Å². The fourth-order valence-electron chi connectivity index (χ4n) is 5.32. The minimum Gasteiger partial charge on any atom is -0.274 e. The number of amides is 2. The highest BCUT2D eigenvalue weighted by Crippen LogP contribution is 2.38. The standard InChI is InChI=1S/C25H31N3O6S2/c1-15-13-16(2)18(4)24(17(15)3)36(33,34)28(20-7-5-6-8-20)22-14-23(29)27(25(22)30)19-9-11-21(12-10-19)35(26,31)32/h9-13,20,22H,5-8,14H2,1-4H3,(H2,26,31,32). The van der Waals surface area contributed by atoms with E-state index in [4.69, 9.17) is 5.14 Å². The van der Waals surface area contributed by atoms with Gasteiger partial charge in [-0.3, -0.25) is 9.59 Å². The third-order valence-electron chi connectivity index (χ3n) is 7.37. The summed E-state index contributed by atoms with van der Waals surface area (Å²) < 4.78 is 53.0. The zero-order chi connectivity index (χ0) is 26.6. The summed E-state index contributed by atoms with van der Waals surface area (Å²) >= 11 is 0. The molecule has 1 aliphatic carbocycles. The quantitative estimate of drug-likeness (QED) is 0.568. The summed E-state index contributed by atoms with van der Waals surface area (Å²) in [5, 5.41) is 5.15. The van der Waals surface area contributed by atoms with Gasteiger partial charge in [0.1, 0.15) is 6.04 Å². The Kier molecular flexibility index (Phi) is 6.89. The lowest BCUT2D eigenvalue weighted by atomic mass is 10.0. The number of nitrogens with zero attached hydrogens (tertiary/aromatic N) is 2. The van der Waals surface area contributed by atoms with Gasteiger partial charge >= 0.3 is 0 Å². The average Bonchev–Trinajstić information content (AvgIpc) is 3.40. The molecule has 0 spiro atoms. The van der Waals surface area contributed by atoms with Crippen LogP contribution >= 0.6 is 0 Å². The molecule has 2 N–H and O–H groups in total. The van der Waals surface area contributed by atoms with E-state index < -0.39 is 37.9 Å². The maximum atomic E-state index is 14.3. The summed E-state index contributed by atoms with van der Waals surface area (Å²) in [5.74, 6) is -1.18. The van der Waals surface area contributed by atoms with Gasteiger partial charge in [-0.25, -0.2) is 26.9 Å². The van der Waals surface area contributed by atoms with Crippen molar-refractivity contribution in [3.8, 4) is 0 Å². The fourth-order valence-corrected chi connectivity index (χ4v) is 8.25. The Bertz CT molecular complexity index is 1420. The SMILES string of the molecule is Cc1cc(C)c(C)c(S(=O)(=O)N(C2CCCC2)C2CC(=O)N(c3ccc(S(N)(=O)=O)cc3)C2=O)c1C. The van der Waals surface area contributed by atoms with Crippen LogP contribution in [0.15, 0.2) is 40.1 Å². The molecule has 1 heterocycles. The van der Waals surface area contributed by atoms with Crippen molar-refractivity contribution in [2.24, 2.45) is 5.14 Å². The number of aryl methyl sites for hydroxylation is 2. The van der Waals surface area contributed by atoms with E-state index in [1.165, 1.54) is 28.6 Å². The molecule has 36 heavy (non-hydrogen) atoms. The molecule has 2 aromatic rings. The van der Waals surface area contributed by atoms with Gasteiger partial charge in [0.05, 0.1) is 21.9 Å². The van der Waals surface area contributed by atoms with Crippen molar-refractivity contribution in [2.75, 3.05) is 4.90 Å². The zero-order valence-electron chi connectivity index (χ0n) is 20.8. The highest BCUT2D eigenvalue weighted by Gasteiger charge is 2.50. The van der Waals surface area contributed by atoms with E-state index in [1.54, 1.807) is 13.8 Å². The molecule has 2 aliphatic rings. The predicted octanol–water partition coefficient (Wildman–Crippen LogP) is 2.83. The second-order valence-corrected chi connectivity index (χ2v) is 13.0. The highest BCUT2D eigenvalue weighted by atomic mass is 32.2. The fraction of sp³-hybridized carbons (Fsp3) is 0.440. The summed E-state index contributed by atoms with van der Waals surface area (Å²) in [7, 11) is -8.07. The monoisotopic (exact) mass is 533 g/mol. The van der Waals surface area contributed by atoms with E-state index >= 15 is 0 Å². The average molecular weight is 534 g/mol. The van der Waals surface area contributed by atoms with Gasteiger partial charge in [-0.05, 0) is 87.1 Å². The first-order valence-corrected chi connectivity index (χ1v) is 14.8. The Morgan fingerprint density at radius 3 is 1.92 bits per heavy atom. The smallest absolute Gasteiger partial charge is 0.252 e. The van der Waals surface area contributed by atoms with Crippen LogP contribution in [-0.4, -0.2) is 45.0 Å². The Hall–Kier alpha value is -2.60. The molecule has 9 nitrogen and oxygen atoms in total. The number of anilines is 1. The van der Waals surface area contributed by atoms with Gasteiger partial charge in [0.15, 0.2) is 0 Å². The first-order valence-electron chi connectivity index (χ1n) is 11.9. The van der Waals surface area contributed by atoms with Gasteiger partial charge in [-0.2, -0.15) is 4.31 Å². The van der Waals surface area contributed by atoms with E-state index in [9.17, 15) is 26.4 Å². The van der Waals surface area contributed by atoms with Crippen molar-refractivity contribution >= 4 is 37.5 Å². The molecule has 0 radical (unpaired) electrons. The van der Waals surface area contributed by atoms with Crippen LogP contribution in [0.1, 0.15) is 54.4 Å². The third-order valence-corrected chi connectivity index (χ3v) is 10.5. The topological polar surface area (TPSA) is 135 Å². The van der Waals surface area contributed by atoms with Crippen molar-refractivity contribution in [2.45, 2.75) is 81.7 Å². The van der Waals surface area contributed by atoms with Crippen LogP contribution < -0.4 is 10.0 Å². The van der Waals surface area contributed by atoms with Gasteiger partial charge in [-0.15, -0.1) is 0 Å². The first-order chi connectivity index (χ1) is 16.7. The van der Waals surface area contributed by atoms with Gasteiger partial charge in [0, 0.05) is 6.04 Å². The number of benzene rings is 2. The van der Waals surface area contributed by atoms with Crippen molar-refractivity contribution < 1.29 is 26.4 Å². The van der Waals surface area contributed by atoms with Crippen LogP contribution in [-0.2, 0) is 29.6 Å². The largest absolute Gasteiger partial charge is 0.274 e. The van der Waals surface area contributed by atoms with Crippen molar-refractivity contribution in [3.05, 3.63) is 52.6 Å². The molecule has 1 saturated heterocycles. The maximum absolute atomic E-state index is 14.3. The minimum atomic E-state index is -4.12. The number of rotatable bonds is 6. The number of carbonyl (C=O) groups is 2. The van der Waals surface area contributed by atoms with Crippen LogP contribution in [0.5, 0.6) is 0 Å². The van der Waals surface area contributed by atoms with Gasteiger partial charge in [0.2, 0.25) is 26.0 Å². The lowest BCUT2D eigenvalue weighted by molar-refractivity contribution is -0.122. The number of primary sulfonamides is 1. The Morgan fingerprint density at radius 2 is 1.42 bits per heavy atom. The molecule has 1 saturated carbocycles. The van der Waals surface area contributed by atoms with Crippen LogP contribution in [0.25, 0.3) is 0 Å². The van der Waals surface area contributed by atoms with E-state index in [0.717, 1.165) is 28.9 Å². The van der Waals surface area contributed by atoms with Crippen LogP contribution in [0.2, 0.25) is 0 Å². The molecule has 0 aromatic heterocycles. The summed E-state index contributed by atoms with van der Waals surface area (Å²) in [6.45, 7) is 7.25. The van der Waals surface area contributed by atoms with Gasteiger partial charge < -0.3 is 0 Å². The normalized spacial score (nSPS) is 19.6. The summed E-state index contributed by atoms with van der Waals surface area (Å²) in [4.78, 5) is 27.7. The van der Waals surface area contributed by atoms with Gasteiger partial charge in [0.25, 0.3) is 5.91 Å². The van der Waals surface area contributed by atoms with E-state index in [2.05, 4.69) is 0 Å². The number of carbonyl (C=O) groups excluding carboxylic acids is 2. The molecule has 1 aliphatic heterocycles. The molecule has 2 fully saturated rings. The van der Waals surface area contributed by atoms with Crippen molar-refractivity contribution in [1.82, 2.24) is 4.31 Å². The predicted molar refractivity (Wildman–Crippen MR) is 135 cm³/mol. The second-order valence-electron chi connectivity index (χ2n) is 9.69. The highest BCUT2D eigenvalue weighted by molar-refractivity contribution is 7.89. The number of hydrogen-bond donors (Lipinski definition) is 1. The van der Waals surface area contributed by atoms with Crippen LogP contribution in [0.3, 0.4) is 0 Å². The molecular weight excluding hydrogens is 502 g/mol. The Balaban J connectivity index is 1.79. The molecule has 0 bridgehead atoms. The molecule has 4 rings (SSSR count). The lowest BCUT2D eigenvalue weighted by Crippen LogP contribution is -2.50. The summed E-state index contributed by atoms with van der Waals surface area (Å²) in [5.41, 5.74) is 3.12. The summed E-state index contributed by atoms with van der Waals surface area (Å²) in [6.07, 6.45) is 2.63. The lowest BCUT2D eigenvalue weighted by Gasteiger charge is -2.33. The number of hydrogen-bond acceptors (Lipinski definition) is 6. The van der Waals surface area contributed by atoms with Crippen LogP contribution in [0.4, 0.5) is 5.69 Å². The summed E-state index contributed by atoms with van der Waals surface area (Å²) in [6, 6.07) is 5.46. The third kappa shape index (κ3) is 4.49. The Morgan fingerprint density at radius 1 is 0.889 bits per heavy atom. The molecule has 194 valence electrons. The van der Waals surface area contributed by atoms with Crippen LogP contribution in [0, 0.1) is 27.7 Å². The maximum Gasteiger partial charge on any atom is 0.252 e. The van der Waals surface area contributed by atoms with Crippen molar-refractivity contribution in [3.63, 3.8) is 0 Å². The first kappa shape index (κ1) is 26.5. The number of sulfonamides is 2. The molecule has 11 heteroatoms. The van der Waals surface area contributed by atoms with E-state index in [-0.39, 0.29) is 27.9 Å². The second kappa shape index (κ2) is 9.37. The molecule has 2 amide bonds. The zero-order valence-corrected chi connectivity index (χ0v) is 22.4. The molecule has 1 atom stereocenters. The molecular formula is C25H31N3O6S2. The number of nitrogens with two attached hydrogens (primary N) is 1. The van der Waals surface area contributed by atoms with E-state index in [0.29, 0.717) is 24.0 Å². The molecule has 1 unspecified atom stereocenters.